The summed E-state index contributed by atoms with van der Waals surface area (Å²) in [7, 11) is -2.61. The molecule has 2 N–H and O–H groups in total. The number of hydrogen-bond acceptors (Lipinski definition) is 4. The summed E-state index contributed by atoms with van der Waals surface area (Å²) in [6.45, 7) is 0.999. The van der Waals surface area contributed by atoms with Gasteiger partial charge in [-0.05, 0) is 73.2 Å². The SMILES string of the molecule is O=[P+](O)OCCCNCc1ccc(CCCCCC2(c3ccccc3)CCCCC2)c(OC(F)(F)F)c1. The lowest BCUT2D eigenvalue weighted by Crippen LogP contribution is -2.29. The van der Waals surface area contributed by atoms with Crippen LogP contribution in [0, 0.1) is 0 Å². The Bertz CT molecular complexity index is 966. The number of halogens is 3. The van der Waals surface area contributed by atoms with Gasteiger partial charge in [-0.2, -0.15) is 0 Å². The first kappa shape index (κ1) is 29.6. The molecule has 0 heterocycles. The second kappa shape index (κ2) is 14.8. The first-order chi connectivity index (χ1) is 17.8. The molecule has 9 heteroatoms. The minimum atomic E-state index is -4.75. The minimum Gasteiger partial charge on any atom is -0.405 e. The van der Waals surface area contributed by atoms with Crippen LogP contribution in [0.2, 0.25) is 0 Å². The summed E-state index contributed by atoms with van der Waals surface area (Å²) in [6.07, 6.45) is 6.48. The molecular formula is C28H38F3NO4P+. The molecule has 1 aliphatic rings. The fourth-order valence-corrected chi connectivity index (χ4v) is 5.65. The van der Waals surface area contributed by atoms with E-state index in [1.54, 1.807) is 6.07 Å². The molecule has 1 fully saturated rings. The molecule has 0 amide bonds. The van der Waals surface area contributed by atoms with E-state index in [4.69, 9.17) is 4.89 Å². The topological polar surface area (TPSA) is 67.8 Å². The molecule has 3 rings (SSSR count). The van der Waals surface area contributed by atoms with Crippen LogP contribution in [0.1, 0.15) is 80.9 Å². The summed E-state index contributed by atoms with van der Waals surface area (Å²) < 4.78 is 58.6. The van der Waals surface area contributed by atoms with E-state index >= 15 is 0 Å². The number of unbranched alkanes of at least 4 members (excludes halogenated alkanes) is 2. The standard InChI is InChI=1S/C28H37F3NO4P/c29-28(30,31)36-26-21-23(22-32-19-10-20-35-37(33)34)14-15-24(26)11-4-2-7-16-27(17-8-3-9-18-27)25-12-5-1-6-13-25/h1,5-6,12-15,21,32H,2-4,7-11,16-20,22H2/p+1. The van der Waals surface area contributed by atoms with Crippen LogP contribution in [0.4, 0.5) is 13.2 Å². The van der Waals surface area contributed by atoms with Gasteiger partial charge in [0.1, 0.15) is 12.4 Å². The molecule has 0 saturated heterocycles. The van der Waals surface area contributed by atoms with Gasteiger partial charge in [0.05, 0.1) is 0 Å². The summed E-state index contributed by atoms with van der Waals surface area (Å²) in [5, 5.41) is 3.10. The minimum absolute atomic E-state index is 0.131. The van der Waals surface area contributed by atoms with Gasteiger partial charge in [0.2, 0.25) is 0 Å². The Hall–Kier alpha value is -1.99. The number of rotatable bonds is 15. The number of nitrogens with one attached hydrogen (secondary N) is 1. The predicted octanol–water partition coefficient (Wildman–Crippen LogP) is 7.74. The van der Waals surface area contributed by atoms with Gasteiger partial charge < -0.3 is 10.1 Å². The third-order valence-electron chi connectivity index (χ3n) is 7.18. The van der Waals surface area contributed by atoms with Gasteiger partial charge in [-0.3, -0.25) is 0 Å². The smallest absolute Gasteiger partial charge is 0.405 e. The Morgan fingerprint density at radius 1 is 0.973 bits per heavy atom. The molecule has 1 aliphatic carbocycles. The van der Waals surface area contributed by atoms with Gasteiger partial charge >= 0.3 is 14.6 Å². The summed E-state index contributed by atoms with van der Waals surface area (Å²) in [5.74, 6) is -0.138. The lowest BCUT2D eigenvalue weighted by molar-refractivity contribution is -0.274. The Morgan fingerprint density at radius 2 is 1.73 bits per heavy atom. The van der Waals surface area contributed by atoms with Gasteiger partial charge in [-0.15, -0.1) is 22.6 Å². The number of ether oxygens (including phenoxy) is 1. The van der Waals surface area contributed by atoms with Crippen molar-refractivity contribution in [2.45, 2.75) is 89.0 Å². The summed E-state index contributed by atoms with van der Waals surface area (Å²) in [5.41, 5.74) is 2.91. The Labute approximate surface area is 218 Å². The normalized spacial score (nSPS) is 15.9. The third kappa shape index (κ3) is 10.4. The van der Waals surface area contributed by atoms with E-state index in [2.05, 4.69) is 44.9 Å². The summed E-state index contributed by atoms with van der Waals surface area (Å²) in [6, 6.07) is 15.8. The maximum absolute atomic E-state index is 13.1. The molecule has 1 atom stereocenters. The van der Waals surface area contributed by atoms with Crippen molar-refractivity contribution in [2.75, 3.05) is 13.2 Å². The molecule has 0 aromatic heterocycles. The van der Waals surface area contributed by atoms with Crippen molar-refractivity contribution in [3.05, 3.63) is 65.2 Å². The highest BCUT2D eigenvalue weighted by atomic mass is 31.1. The molecule has 0 radical (unpaired) electrons. The van der Waals surface area contributed by atoms with Crippen molar-refractivity contribution in [3.63, 3.8) is 0 Å². The zero-order valence-electron chi connectivity index (χ0n) is 21.3. The fraction of sp³-hybridized carbons (Fsp3) is 0.571. The number of benzene rings is 2. The van der Waals surface area contributed by atoms with E-state index in [-0.39, 0.29) is 17.8 Å². The van der Waals surface area contributed by atoms with E-state index in [1.807, 2.05) is 6.07 Å². The van der Waals surface area contributed by atoms with Crippen LogP contribution in [0.5, 0.6) is 5.75 Å². The van der Waals surface area contributed by atoms with Gasteiger partial charge in [0.15, 0.2) is 0 Å². The van der Waals surface area contributed by atoms with Crippen LogP contribution < -0.4 is 10.1 Å². The van der Waals surface area contributed by atoms with E-state index in [0.717, 1.165) is 25.7 Å². The average Bonchev–Trinajstić information content (AvgIpc) is 2.87. The van der Waals surface area contributed by atoms with Crippen LogP contribution >= 0.6 is 8.25 Å². The zero-order chi connectivity index (χ0) is 26.6. The van der Waals surface area contributed by atoms with E-state index in [0.29, 0.717) is 37.1 Å². The summed E-state index contributed by atoms with van der Waals surface area (Å²) >= 11 is 0. The Morgan fingerprint density at radius 3 is 2.43 bits per heavy atom. The molecule has 0 bridgehead atoms. The van der Waals surface area contributed by atoms with Crippen molar-refractivity contribution in [1.82, 2.24) is 5.32 Å². The second-order valence-electron chi connectivity index (χ2n) is 9.86. The molecule has 0 spiro atoms. The highest BCUT2D eigenvalue weighted by Gasteiger charge is 2.33. The summed E-state index contributed by atoms with van der Waals surface area (Å²) in [4.78, 5) is 8.61. The van der Waals surface area contributed by atoms with Crippen LogP contribution in [-0.4, -0.2) is 24.4 Å². The molecule has 37 heavy (non-hydrogen) atoms. The van der Waals surface area contributed by atoms with Crippen molar-refractivity contribution >= 4 is 8.25 Å². The van der Waals surface area contributed by atoms with Crippen LogP contribution in [-0.2, 0) is 27.5 Å². The quantitative estimate of drug-likeness (QED) is 0.179. The fourth-order valence-electron chi connectivity index (χ4n) is 5.37. The second-order valence-corrected chi connectivity index (χ2v) is 10.6. The van der Waals surface area contributed by atoms with Gasteiger partial charge in [-0.1, -0.05) is 74.6 Å². The maximum atomic E-state index is 13.1. The highest BCUT2D eigenvalue weighted by Crippen LogP contribution is 2.43. The lowest BCUT2D eigenvalue weighted by atomic mass is 9.66. The molecule has 0 aliphatic heterocycles. The molecule has 2 aromatic rings. The monoisotopic (exact) mass is 540 g/mol. The van der Waals surface area contributed by atoms with Crippen molar-refractivity contribution < 1.29 is 31.9 Å². The zero-order valence-corrected chi connectivity index (χ0v) is 22.2. The predicted molar refractivity (Wildman–Crippen MR) is 139 cm³/mol. The van der Waals surface area contributed by atoms with Gasteiger partial charge in [-0.25, -0.2) is 0 Å². The lowest BCUT2D eigenvalue weighted by Gasteiger charge is -2.38. The van der Waals surface area contributed by atoms with Crippen LogP contribution in [0.3, 0.4) is 0 Å². The van der Waals surface area contributed by atoms with E-state index < -0.39 is 14.6 Å². The average molecular weight is 541 g/mol. The van der Waals surface area contributed by atoms with Crippen molar-refractivity contribution in [1.29, 1.82) is 0 Å². The van der Waals surface area contributed by atoms with E-state index in [1.165, 1.54) is 43.7 Å². The van der Waals surface area contributed by atoms with Crippen LogP contribution in [0.15, 0.2) is 48.5 Å². The van der Waals surface area contributed by atoms with E-state index in [9.17, 15) is 17.7 Å². The first-order valence-electron chi connectivity index (χ1n) is 13.2. The van der Waals surface area contributed by atoms with Gasteiger partial charge in [0.25, 0.3) is 0 Å². The molecule has 204 valence electrons. The number of alkyl halides is 3. The van der Waals surface area contributed by atoms with Crippen LogP contribution in [0.25, 0.3) is 0 Å². The Kier molecular flexibility index (Phi) is 11.8. The molecule has 1 saturated carbocycles. The van der Waals surface area contributed by atoms with Gasteiger partial charge in [0, 0.05) is 11.1 Å². The molecule has 2 aromatic carbocycles. The third-order valence-corrected chi connectivity index (χ3v) is 7.59. The Balaban J connectivity index is 1.51. The molecular weight excluding hydrogens is 502 g/mol. The molecule has 1 unspecified atom stereocenters. The largest absolute Gasteiger partial charge is 0.694 e. The highest BCUT2D eigenvalue weighted by molar-refractivity contribution is 7.32. The van der Waals surface area contributed by atoms with Crippen molar-refractivity contribution in [2.24, 2.45) is 0 Å². The molecule has 5 nitrogen and oxygen atoms in total. The first-order valence-corrected chi connectivity index (χ1v) is 14.3. The van der Waals surface area contributed by atoms with Crippen molar-refractivity contribution in [3.8, 4) is 5.75 Å². The maximum Gasteiger partial charge on any atom is 0.694 e. The number of hydrogen-bond donors (Lipinski definition) is 2. The number of aryl methyl sites for hydroxylation is 1.